The molecule has 8 heteroatoms. The van der Waals surface area contributed by atoms with Crippen LogP contribution < -0.4 is 9.64 Å². The number of carbonyl (C=O) groups excluding carboxylic acids is 1. The number of benzene rings is 2. The molecule has 3 aromatic rings. The first-order chi connectivity index (χ1) is 15.0. The molecule has 31 heavy (non-hydrogen) atoms. The van der Waals surface area contributed by atoms with E-state index in [2.05, 4.69) is 30.9 Å². The van der Waals surface area contributed by atoms with Crippen molar-refractivity contribution in [3.05, 3.63) is 52.0 Å². The maximum Gasteiger partial charge on any atom is 0.263 e. The van der Waals surface area contributed by atoms with Gasteiger partial charge in [-0.3, -0.25) is 14.6 Å². The smallest absolute Gasteiger partial charge is 0.263 e. The number of rotatable bonds is 6. The van der Waals surface area contributed by atoms with Crippen molar-refractivity contribution in [3.63, 3.8) is 0 Å². The van der Waals surface area contributed by atoms with Crippen LogP contribution in [-0.2, 0) is 4.74 Å². The van der Waals surface area contributed by atoms with E-state index in [9.17, 15) is 4.79 Å². The molecule has 0 unspecified atom stereocenters. The molecule has 2 heterocycles. The maximum absolute atomic E-state index is 13.7. The number of hydrogen-bond donors (Lipinski definition) is 0. The molecule has 0 aliphatic carbocycles. The number of ether oxygens (including phenoxy) is 2. The summed E-state index contributed by atoms with van der Waals surface area (Å²) in [6.45, 7) is 8.59. The lowest BCUT2D eigenvalue weighted by molar-refractivity contribution is 0.0391. The van der Waals surface area contributed by atoms with Crippen LogP contribution >= 0.6 is 22.9 Å². The molecule has 0 atom stereocenters. The Bertz CT molecular complexity index is 1060. The van der Waals surface area contributed by atoms with E-state index in [-0.39, 0.29) is 5.91 Å². The van der Waals surface area contributed by atoms with Gasteiger partial charge in [0.1, 0.15) is 5.75 Å². The molecule has 1 aromatic heterocycles. The number of fused-ring (bicyclic) bond motifs is 1. The Hall–Kier alpha value is -2.19. The van der Waals surface area contributed by atoms with Crippen LogP contribution in [0, 0.1) is 13.8 Å². The third-order valence-electron chi connectivity index (χ3n) is 5.60. The number of aryl methyl sites for hydroxylation is 2. The average Bonchev–Trinajstić information content (AvgIpc) is 3.17. The molecule has 0 radical (unpaired) electrons. The largest absolute Gasteiger partial charge is 0.496 e. The van der Waals surface area contributed by atoms with E-state index in [1.807, 2.05) is 0 Å². The number of anilines is 1. The van der Waals surface area contributed by atoms with Crippen LogP contribution in [0.4, 0.5) is 5.13 Å². The van der Waals surface area contributed by atoms with Crippen molar-refractivity contribution in [2.75, 3.05) is 51.4 Å². The molecule has 6 nitrogen and oxygen atoms in total. The zero-order valence-corrected chi connectivity index (χ0v) is 19.6. The normalized spacial score (nSPS) is 14.7. The highest BCUT2D eigenvalue weighted by atomic mass is 35.5. The SMILES string of the molecule is COc1ccc(Cl)cc1C(=O)N(CCN1CCOCC1)c1nc2cc(C)c(C)cc2s1. The van der Waals surface area contributed by atoms with Crippen LogP contribution in [0.5, 0.6) is 5.75 Å². The predicted molar refractivity (Wildman–Crippen MR) is 126 cm³/mol. The molecule has 164 valence electrons. The summed E-state index contributed by atoms with van der Waals surface area (Å²) in [5, 5.41) is 1.17. The quantitative estimate of drug-likeness (QED) is 0.541. The van der Waals surface area contributed by atoms with Gasteiger partial charge in [0.25, 0.3) is 5.91 Å². The van der Waals surface area contributed by atoms with Crippen LogP contribution in [0.15, 0.2) is 30.3 Å². The van der Waals surface area contributed by atoms with E-state index in [1.54, 1.807) is 30.2 Å². The first kappa shape index (κ1) is 22.0. The van der Waals surface area contributed by atoms with Gasteiger partial charge in [-0.1, -0.05) is 22.9 Å². The number of carbonyl (C=O) groups is 1. The van der Waals surface area contributed by atoms with Crippen molar-refractivity contribution < 1.29 is 14.3 Å². The Labute approximate surface area is 191 Å². The summed E-state index contributed by atoms with van der Waals surface area (Å²) in [6, 6.07) is 9.32. The molecule has 2 aromatic carbocycles. The fourth-order valence-electron chi connectivity index (χ4n) is 3.63. The van der Waals surface area contributed by atoms with Crippen molar-refractivity contribution in [2.45, 2.75) is 13.8 Å². The van der Waals surface area contributed by atoms with Crippen LogP contribution in [0.3, 0.4) is 0 Å². The molecule has 1 aliphatic rings. The van der Waals surface area contributed by atoms with Gasteiger partial charge in [0.15, 0.2) is 5.13 Å². The molecule has 0 saturated carbocycles. The summed E-state index contributed by atoms with van der Waals surface area (Å²) in [6.07, 6.45) is 0. The monoisotopic (exact) mass is 459 g/mol. The third-order valence-corrected chi connectivity index (χ3v) is 6.88. The number of morpholine rings is 1. The third kappa shape index (κ3) is 4.85. The number of nitrogens with zero attached hydrogens (tertiary/aromatic N) is 3. The van der Waals surface area contributed by atoms with Gasteiger partial charge in [-0.2, -0.15) is 0 Å². The van der Waals surface area contributed by atoms with Gasteiger partial charge in [0.2, 0.25) is 0 Å². The second kappa shape index (κ2) is 9.53. The van der Waals surface area contributed by atoms with Gasteiger partial charge in [0.05, 0.1) is 36.1 Å². The highest BCUT2D eigenvalue weighted by Gasteiger charge is 2.25. The maximum atomic E-state index is 13.7. The Balaban J connectivity index is 1.70. The lowest BCUT2D eigenvalue weighted by atomic mass is 10.1. The van der Waals surface area contributed by atoms with Gasteiger partial charge >= 0.3 is 0 Å². The molecule has 0 bridgehead atoms. The van der Waals surface area contributed by atoms with E-state index in [0.29, 0.717) is 28.0 Å². The number of hydrogen-bond acceptors (Lipinski definition) is 6. The lowest BCUT2D eigenvalue weighted by Gasteiger charge is -2.29. The average molecular weight is 460 g/mol. The van der Waals surface area contributed by atoms with Crippen molar-refractivity contribution >= 4 is 44.2 Å². The van der Waals surface area contributed by atoms with Gasteiger partial charge < -0.3 is 9.47 Å². The van der Waals surface area contributed by atoms with Crippen LogP contribution in [-0.4, -0.2) is 62.3 Å². The number of aromatic nitrogens is 1. The van der Waals surface area contributed by atoms with E-state index in [0.717, 1.165) is 43.1 Å². The molecule has 4 rings (SSSR count). The fraction of sp³-hybridized carbons (Fsp3) is 0.391. The predicted octanol–water partition coefficient (Wildman–Crippen LogP) is 4.55. The Morgan fingerprint density at radius 1 is 1.23 bits per heavy atom. The molecule has 1 fully saturated rings. The summed E-state index contributed by atoms with van der Waals surface area (Å²) in [5.41, 5.74) is 3.74. The van der Waals surface area contributed by atoms with Crippen LogP contribution in [0.25, 0.3) is 10.2 Å². The van der Waals surface area contributed by atoms with Gasteiger partial charge in [0, 0.05) is 31.2 Å². The first-order valence-corrected chi connectivity index (χ1v) is 11.5. The Kier molecular flexibility index (Phi) is 6.77. The fourth-order valence-corrected chi connectivity index (χ4v) is 4.87. The number of methoxy groups -OCH3 is 1. The standard InChI is InChI=1S/C23H26ClN3O3S/c1-15-12-19-21(13-16(15)2)31-23(25-19)27(7-6-26-8-10-30-11-9-26)22(28)18-14-17(24)4-5-20(18)29-3/h4-5,12-14H,6-11H2,1-3H3. The van der Waals surface area contributed by atoms with Gasteiger partial charge in [-0.15, -0.1) is 0 Å². The molecule has 0 N–H and O–H groups in total. The summed E-state index contributed by atoms with van der Waals surface area (Å²) in [4.78, 5) is 22.5. The molecule has 1 amide bonds. The topological polar surface area (TPSA) is 54.9 Å². The minimum Gasteiger partial charge on any atom is -0.496 e. The zero-order chi connectivity index (χ0) is 22.0. The van der Waals surface area contributed by atoms with Crippen molar-refractivity contribution in [3.8, 4) is 5.75 Å². The highest BCUT2D eigenvalue weighted by Crippen LogP contribution is 2.33. The van der Waals surface area contributed by atoms with Gasteiger partial charge in [-0.25, -0.2) is 4.98 Å². The minimum absolute atomic E-state index is 0.167. The molecule has 1 aliphatic heterocycles. The summed E-state index contributed by atoms with van der Waals surface area (Å²) < 4.78 is 12.0. The Morgan fingerprint density at radius 3 is 2.71 bits per heavy atom. The minimum atomic E-state index is -0.167. The lowest BCUT2D eigenvalue weighted by Crippen LogP contribution is -2.43. The van der Waals surface area contributed by atoms with Crippen LogP contribution in [0.1, 0.15) is 21.5 Å². The van der Waals surface area contributed by atoms with E-state index in [4.69, 9.17) is 26.1 Å². The van der Waals surface area contributed by atoms with E-state index < -0.39 is 0 Å². The van der Waals surface area contributed by atoms with Crippen LogP contribution in [0.2, 0.25) is 5.02 Å². The first-order valence-electron chi connectivity index (χ1n) is 10.3. The summed E-state index contributed by atoms with van der Waals surface area (Å²) in [7, 11) is 1.56. The molecular weight excluding hydrogens is 434 g/mol. The van der Waals surface area contributed by atoms with E-state index >= 15 is 0 Å². The second-order valence-corrected chi connectivity index (χ2v) is 9.10. The van der Waals surface area contributed by atoms with E-state index in [1.165, 1.54) is 22.5 Å². The molecule has 0 spiro atoms. The second-order valence-electron chi connectivity index (χ2n) is 7.66. The van der Waals surface area contributed by atoms with Crippen molar-refractivity contribution in [2.24, 2.45) is 0 Å². The zero-order valence-electron chi connectivity index (χ0n) is 18.0. The van der Waals surface area contributed by atoms with Gasteiger partial charge in [-0.05, 0) is 55.3 Å². The number of thiazole rings is 1. The van der Waals surface area contributed by atoms with Crippen molar-refractivity contribution in [1.29, 1.82) is 0 Å². The summed E-state index contributed by atoms with van der Waals surface area (Å²) in [5.74, 6) is 0.332. The van der Waals surface area contributed by atoms with Crippen molar-refractivity contribution in [1.82, 2.24) is 9.88 Å². The Morgan fingerprint density at radius 2 is 1.97 bits per heavy atom. The number of halogens is 1. The molecular formula is C23H26ClN3O3S. The number of amides is 1. The molecule has 1 saturated heterocycles. The highest BCUT2D eigenvalue weighted by molar-refractivity contribution is 7.22. The summed E-state index contributed by atoms with van der Waals surface area (Å²) >= 11 is 7.74.